The molecule has 0 atom stereocenters. The van der Waals surface area contributed by atoms with Gasteiger partial charge in [0.05, 0.1) is 0 Å². The number of anilines is 1. The molecule has 1 aromatic rings. The third-order valence-electron chi connectivity index (χ3n) is 3.24. The third-order valence-corrected chi connectivity index (χ3v) is 3.24. The van der Waals surface area contributed by atoms with E-state index >= 15 is 0 Å². The first-order valence-corrected chi connectivity index (χ1v) is 7.24. The van der Waals surface area contributed by atoms with Crippen molar-refractivity contribution in [2.75, 3.05) is 19.4 Å². The summed E-state index contributed by atoms with van der Waals surface area (Å²) in [6.45, 7) is 6.58. The van der Waals surface area contributed by atoms with E-state index in [2.05, 4.69) is 5.32 Å². The standard InChI is InChI=1S/C16H23N3O3/c1-16(2,3)22-15(21)19-9-11-6-7-13(8-12(11)10-19)17-14(20)18(4)5/h6-8H,9-10H2,1-5H3,(H,17,20). The van der Waals surface area contributed by atoms with Crippen LogP contribution in [0.1, 0.15) is 31.9 Å². The highest BCUT2D eigenvalue weighted by Gasteiger charge is 2.27. The van der Waals surface area contributed by atoms with E-state index < -0.39 is 5.60 Å². The Labute approximate surface area is 131 Å². The molecule has 3 amide bonds. The second-order valence-electron chi connectivity index (χ2n) is 6.64. The largest absolute Gasteiger partial charge is 0.444 e. The molecule has 0 bridgehead atoms. The number of carbonyl (C=O) groups excluding carboxylic acids is 2. The Morgan fingerprint density at radius 1 is 1.18 bits per heavy atom. The second-order valence-corrected chi connectivity index (χ2v) is 6.64. The van der Waals surface area contributed by atoms with Gasteiger partial charge in [0.1, 0.15) is 5.60 Å². The fraction of sp³-hybridized carbons (Fsp3) is 0.500. The number of amides is 3. The van der Waals surface area contributed by atoms with Crippen LogP contribution in [0, 0.1) is 0 Å². The van der Waals surface area contributed by atoms with E-state index in [-0.39, 0.29) is 12.1 Å². The predicted octanol–water partition coefficient (Wildman–Crippen LogP) is 3.03. The van der Waals surface area contributed by atoms with Crippen LogP contribution < -0.4 is 5.32 Å². The SMILES string of the molecule is CN(C)C(=O)Nc1ccc2c(c1)CN(C(=O)OC(C)(C)C)C2. The molecule has 0 unspecified atom stereocenters. The smallest absolute Gasteiger partial charge is 0.410 e. The minimum atomic E-state index is -0.503. The topological polar surface area (TPSA) is 61.9 Å². The van der Waals surface area contributed by atoms with Gasteiger partial charge in [-0.1, -0.05) is 6.07 Å². The highest BCUT2D eigenvalue weighted by molar-refractivity contribution is 5.89. The van der Waals surface area contributed by atoms with Crippen molar-refractivity contribution < 1.29 is 14.3 Å². The van der Waals surface area contributed by atoms with Crippen molar-refractivity contribution in [3.63, 3.8) is 0 Å². The number of urea groups is 1. The van der Waals surface area contributed by atoms with Crippen molar-refractivity contribution in [2.24, 2.45) is 0 Å². The Hall–Kier alpha value is -2.24. The maximum absolute atomic E-state index is 12.1. The Bertz CT molecular complexity index is 591. The zero-order chi connectivity index (χ0) is 16.5. The predicted molar refractivity (Wildman–Crippen MR) is 84.6 cm³/mol. The Kier molecular flexibility index (Phi) is 4.30. The molecule has 1 heterocycles. The van der Waals surface area contributed by atoms with Crippen molar-refractivity contribution in [2.45, 2.75) is 39.5 Å². The zero-order valence-electron chi connectivity index (χ0n) is 13.8. The van der Waals surface area contributed by atoms with Crippen molar-refractivity contribution in [1.82, 2.24) is 9.80 Å². The highest BCUT2D eigenvalue weighted by Crippen LogP contribution is 2.27. The van der Waals surface area contributed by atoms with E-state index in [0.717, 1.165) is 16.8 Å². The fourth-order valence-corrected chi connectivity index (χ4v) is 2.16. The number of hydrogen-bond acceptors (Lipinski definition) is 3. The third kappa shape index (κ3) is 3.90. The maximum atomic E-state index is 12.1. The summed E-state index contributed by atoms with van der Waals surface area (Å²) < 4.78 is 5.39. The number of rotatable bonds is 1. The van der Waals surface area contributed by atoms with Crippen molar-refractivity contribution >= 4 is 17.8 Å². The number of ether oxygens (including phenoxy) is 1. The van der Waals surface area contributed by atoms with Crippen LogP contribution in [0.3, 0.4) is 0 Å². The molecule has 22 heavy (non-hydrogen) atoms. The van der Waals surface area contributed by atoms with E-state index in [1.807, 2.05) is 39.0 Å². The molecule has 1 aliphatic rings. The van der Waals surface area contributed by atoms with Gasteiger partial charge in [-0.3, -0.25) is 4.90 Å². The quantitative estimate of drug-likeness (QED) is 0.867. The van der Waals surface area contributed by atoms with E-state index in [1.165, 1.54) is 4.90 Å². The van der Waals surface area contributed by atoms with Gasteiger partial charge in [0.15, 0.2) is 0 Å². The number of hydrogen-bond donors (Lipinski definition) is 1. The van der Waals surface area contributed by atoms with E-state index in [4.69, 9.17) is 4.74 Å². The van der Waals surface area contributed by atoms with Crippen LogP contribution in [-0.4, -0.2) is 41.6 Å². The number of benzene rings is 1. The van der Waals surface area contributed by atoms with Crippen molar-refractivity contribution in [3.8, 4) is 0 Å². The summed E-state index contributed by atoms with van der Waals surface area (Å²) in [5.41, 5.74) is 2.33. The Morgan fingerprint density at radius 2 is 1.82 bits per heavy atom. The van der Waals surface area contributed by atoms with Crippen molar-refractivity contribution in [1.29, 1.82) is 0 Å². The molecule has 0 aromatic heterocycles. The minimum absolute atomic E-state index is 0.179. The maximum Gasteiger partial charge on any atom is 0.410 e. The van der Waals surface area contributed by atoms with Gasteiger partial charge in [-0.05, 0) is 44.0 Å². The molecule has 0 saturated carbocycles. The van der Waals surface area contributed by atoms with Gasteiger partial charge < -0.3 is 15.0 Å². The molecular weight excluding hydrogens is 282 g/mol. The molecule has 1 N–H and O–H groups in total. The van der Waals surface area contributed by atoms with Crippen LogP contribution in [-0.2, 0) is 17.8 Å². The van der Waals surface area contributed by atoms with Gasteiger partial charge in [0, 0.05) is 32.9 Å². The molecular formula is C16H23N3O3. The fourth-order valence-electron chi connectivity index (χ4n) is 2.16. The van der Waals surface area contributed by atoms with Gasteiger partial charge in [-0.2, -0.15) is 0 Å². The lowest BCUT2D eigenvalue weighted by molar-refractivity contribution is 0.0242. The summed E-state index contributed by atoms with van der Waals surface area (Å²) in [6, 6.07) is 5.51. The molecule has 0 fully saturated rings. The van der Waals surface area contributed by atoms with Gasteiger partial charge in [-0.25, -0.2) is 9.59 Å². The van der Waals surface area contributed by atoms with Gasteiger partial charge in [0.25, 0.3) is 0 Å². The van der Waals surface area contributed by atoms with Crippen LogP contribution in [0.4, 0.5) is 15.3 Å². The second kappa shape index (κ2) is 5.87. The van der Waals surface area contributed by atoms with Gasteiger partial charge in [0.2, 0.25) is 0 Å². The van der Waals surface area contributed by atoms with E-state index in [9.17, 15) is 9.59 Å². The van der Waals surface area contributed by atoms with Crippen LogP contribution in [0.15, 0.2) is 18.2 Å². The van der Waals surface area contributed by atoms with Crippen LogP contribution in [0.2, 0.25) is 0 Å². The monoisotopic (exact) mass is 305 g/mol. The lowest BCUT2D eigenvalue weighted by atomic mass is 10.1. The Morgan fingerprint density at radius 3 is 2.41 bits per heavy atom. The summed E-state index contributed by atoms with van der Waals surface area (Å²) >= 11 is 0. The lowest BCUT2D eigenvalue weighted by Crippen LogP contribution is -2.33. The average molecular weight is 305 g/mol. The summed E-state index contributed by atoms with van der Waals surface area (Å²) in [6.07, 6.45) is -0.317. The molecule has 2 rings (SSSR count). The van der Waals surface area contributed by atoms with E-state index in [1.54, 1.807) is 19.0 Å². The number of carbonyl (C=O) groups is 2. The Balaban J connectivity index is 2.05. The molecule has 0 aliphatic carbocycles. The molecule has 1 aliphatic heterocycles. The van der Waals surface area contributed by atoms with Crippen LogP contribution in [0.25, 0.3) is 0 Å². The first-order valence-electron chi connectivity index (χ1n) is 7.24. The van der Waals surface area contributed by atoms with Crippen LogP contribution >= 0.6 is 0 Å². The first-order chi connectivity index (χ1) is 10.2. The normalized spacial score (nSPS) is 13.6. The average Bonchev–Trinajstić information content (AvgIpc) is 2.79. The molecule has 0 spiro atoms. The molecule has 0 radical (unpaired) electrons. The van der Waals surface area contributed by atoms with Crippen LogP contribution in [0.5, 0.6) is 0 Å². The highest BCUT2D eigenvalue weighted by atomic mass is 16.6. The first kappa shape index (κ1) is 16.1. The molecule has 120 valence electrons. The van der Waals surface area contributed by atoms with Crippen molar-refractivity contribution in [3.05, 3.63) is 29.3 Å². The molecule has 6 nitrogen and oxygen atoms in total. The van der Waals surface area contributed by atoms with E-state index in [0.29, 0.717) is 13.1 Å². The summed E-state index contributed by atoms with van der Waals surface area (Å²) in [4.78, 5) is 26.9. The molecule has 6 heteroatoms. The number of nitrogens with one attached hydrogen (secondary N) is 1. The number of fused-ring (bicyclic) bond motifs is 1. The minimum Gasteiger partial charge on any atom is -0.444 e. The molecule has 0 saturated heterocycles. The summed E-state index contributed by atoms with van der Waals surface area (Å²) in [7, 11) is 3.37. The summed E-state index contributed by atoms with van der Waals surface area (Å²) in [5, 5.41) is 2.81. The van der Waals surface area contributed by atoms with Gasteiger partial charge >= 0.3 is 12.1 Å². The lowest BCUT2D eigenvalue weighted by Gasteiger charge is -2.24. The molecule has 1 aromatic carbocycles. The zero-order valence-corrected chi connectivity index (χ0v) is 13.8. The summed E-state index contributed by atoms with van der Waals surface area (Å²) in [5.74, 6) is 0. The number of nitrogens with zero attached hydrogens (tertiary/aromatic N) is 2. The van der Waals surface area contributed by atoms with Gasteiger partial charge in [-0.15, -0.1) is 0 Å².